The standard InChI is InChI=1S/C22H25N5O/c1-2-7-12-17-16(11-6-1)19(15-9-4-3-5-10-15)20(22-24-26-27-25-22)21(23-17)18-13-8-14-28-18/h3-5,9-10,18H,1-2,6-8,11-14H2,(H,24,25,26,27)/t18-/m1/s1. The average Bonchev–Trinajstić information content (AvgIpc) is 3.42. The van der Waals surface area contributed by atoms with Crippen molar-refractivity contribution in [3.05, 3.63) is 47.3 Å². The number of hydrogen-bond donors (Lipinski definition) is 1. The van der Waals surface area contributed by atoms with Crippen molar-refractivity contribution in [2.75, 3.05) is 6.61 Å². The lowest BCUT2D eigenvalue weighted by Crippen LogP contribution is -2.13. The van der Waals surface area contributed by atoms with E-state index < -0.39 is 0 Å². The van der Waals surface area contributed by atoms with Crippen LogP contribution in [0.1, 0.15) is 61.6 Å². The van der Waals surface area contributed by atoms with E-state index in [1.54, 1.807) is 0 Å². The van der Waals surface area contributed by atoms with Gasteiger partial charge in [-0.25, -0.2) is 0 Å². The SMILES string of the molecule is c1ccc(-c2c3c(nc([C@H]4CCCO4)c2-c2nn[nH]n2)CCCCCC3)cc1. The maximum absolute atomic E-state index is 6.07. The fourth-order valence-electron chi connectivity index (χ4n) is 4.56. The summed E-state index contributed by atoms with van der Waals surface area (Å²) in [6, 6.07) is 10.6. The van der Waals surface area contributed by atoms with Crippen LogP contribution in [0.4, 0.5) is 0 Å². The van der Waals surface area contributed by atoms with Crippen LogP contribution in [-0.2, 0) is 17.6 Å². The fraction of sp³-hybridized carbons (Fsp3) is 0.455. The van der Waals surface area contributed by atoms with Crippen molar-refractivity contribution in [2.45, 2.75) is 57.5 Å². The van der Waals surface area contributed by atoms with Crippen molar-refractivity contribution in [1.82, 2.24) is 25.6 Å². The quantitative estimate of drug-likeness (QED) is 0.732. The lowest BCUT2D eigenvalue weighted by Gasteiger charge is -2.24. The number of tetrazole rings is 1. The summed E-state index contributed by atoms with van der Waals surface area (Å²) in [5.74, 6) is 0.613. The Labute approximate surface area is 164 Å². The first-order valence-electron chi connectivity index (χ1n) is 10.4. The van der Waals surface area contributed by atoms with E-state index in [-0.39, 0.29) is 6.10 Å². The van der Waals surface area contributed by atoms with E-state index in [1.807, 2.05) is 0 Å². The number of benzene rings is 1. The molecule has 5 rings (SSSR count). The molecule has 6 heteroatoms. The van der Waals surface area contributed by atoms with Crippen LogP contribution in [0.5, 0.6) is 0 Å². The van der Waals surface area contributed by atoms with Crippen LogP contribution in [-0.4, -0.2) is 32.2 Å². The van der Waals surface area contributed by atoms with E-state index in [0.717, 1.165) is 43.5 Å². The van der Waals surface area contributed by atoms with Crippen molar-refractivity contribution < 1.29 is 4.74 Å². The summed E-state index contributed by atoms with van der Waals surface area (Å²) in [6.07, 6.45) is 9.08. The molecule has 1 saturated heterocycles. The van der Waals surface area contributed by atoms with Crippen LogP contribution >= 0.6 is 0 Å². The number of pyridine rings is 1. The van der Waals surface area contributed by atoms with Gasteiger partial charge in [-0.15, -0.1) is 10.2 Å². The molecule has 0 amide bonds. The van der Waals surface area contributed by atoms with Crippen molar-refractivity contribution in [1.29, 1.82) is 0 Å². The molecule has 2 aromatic heterocycles. The van der Waals surface area contributed by atoms with Gasteiger partial charge in [0.15, 0.2) is 0 Å². The van der Waals surface area contributed by atoms with Gasteiger partial charge >= 0.3 is 0 Å². The molecule has 1 aliphatic carbocycles. The van der Waals surface area contributed by atoms with Crippen molar-refractivity contribution in [3.8, 4) is 22.5 Å². The third-order valence-corrected chi connectivity index (χ3v) is 5.87. The van der Waals surface area contributed by atoms with E-state index in [9.17, 15) is 0 Å². The highest BCUT2D eigenvalue weighted by atomic mass is 16.5. The van der Waals surface area contributed by atoms with Crippen LogP contribution in [0.3, 0.4) is 0 Å². The number of nitrogens with zero attached hydrogens (tertiary/aromatic N) is 4. The minimum absolute atomic E-state index is 0.00621. The number of fused-ring (bicyclic) bond motifs is 1. The van der Waals surface area contributed by atoms with Crippen molar-refractivity contribution >= 4 is 0 Å². The molecule has 0 bridgehead atoms. The largest absolute Gasteiger partial charge is 0.372 e. The molecule has 3 aromatic rings. The van der Waals surface area contributed by atoms with Gasteiger partial charge in [-0.3, -0.25) is 4.98 Å². The average molecular weight is 375 g/mol. The number of aromatic nitrogens is 5. The number of aromatic amines is 1. The summed E-state index contributed by atoms with van der Waals surface area (Å²) >= 11 is 0. The first-order chi connectivity index (χ1) is 13.9. The van der Waals surface area contributed by atoms with Gasteiger partial charge in [-0.05, 0) is 60.4 Å². The molecule has 0 spiro atoms. The first kappa shape index (κ1) is 17.5. The smallest absolute Gasteiger partial charge is 0.207 e. The summed E-state index contributed by atoms with van der Waals surface area (Å²) in [5.41, 5.74) is 6.98. The second kappa shape index (κ2) is 7.80. The zero-order valence-corrected chi connectivity index (χ0v) is 16.0. The van der Waals surface area contributed by atoms with Crippen LogP contribution in [0.2, 0.25) is 0 Å². The Morgan fingerprint density at radius 3 is 2.54 bits per heavy atom. The highest BCUT2D eigenvalue weighted by Crippen LogP contribution is 2.43. The predicted molar refractivity (Wildman–Crippen MR) is 107 cm³/mol. The molecule has 2 aliphatic rings. The second-order valence-corrected chi connectivity index (χ2v) is 7.69. The predicted octanol–water partition coefficient (Wildman–Crippen LogP) is 4.44. The minimum Gasteiger partial charge on any atom is -0.372 e. The van der Waals surface area contributed by atoms with Gasteiger partial charge in [-0.2, -0.15) is 5.21 Å². The Balaban J connectivity index is 1.81. The zero-order chi connectivity index (χ0) is 18.8. The summed E-state index contributed by atoms with van der Waals surface area (Å²) in [4.78, 5) is 5.19. The summed E-state index contributed by atoms with van der Waals surface area (Å²) in [6.45, 7) is 0.787. The van der Waals surface area contributed by atoms with Gasteiger partial charge in [0.2, 0.25) is 5.82 Å². The number of nitrogens with one attached hydrogen (secondary N) is 1. The minimum atomic E-state index is 0.00621. The van der Waals surface area contributed by atoms with Crippen molar-refractivity contribution in [2.24, 2.45) is 0 Å². The Bertz CT molecular complexity index is 933. The monoisotopic (exact) mass is 375 g/mol. The number of ether oxygens (including phenoxy) is 1. The van der Waals surface area contributed by atoms with E-state index in [1.165, 1.54) is 48.1 Å². The third kappa shape index (κ3) is 3.22. The third-order valence-electron chi connectivity index (χ3n) is 5.87. The molecule has 0 radical (unpaired) electrons. The summed E-state index contributed by atoms with van der Waals surface area (Å²) < 4.78 is 6.07. The van der Waals surface area contributed by atoms with Gasteiger partial charge in [-0.1, -0.05) is 43.2 Å². The molecule has 0 saturated carbocycles. The second-order valence-electron chi connectivity index (χ2n) is 7.69. The summed E-state index contributed by atoms with van der Waals surface area (Å²) in [5, 5.41) is 15.2. The normalized spacial score (nSPS) is 19.8. The van der Waals surface area contributed by atoms with Gasteiger partial charge in [0.05, 0.1) is 11.3 Å². The van der Waals surface area contributed by atoms with Gasteiger partial charge in [0.25, 0.3) is 0 Å². The zero-order valence-electron chi connectivity index (χ0n) is 16.0. The van der Waals surface area contributed by atoms with E-state index in [4.69, 9.17) is 9.72 Å². The van der Waals surface area contributed by atoms with Crippen LogP contribution in [0.15, 0.2) is 30.3 Å². The Morgan fingerprint density at radius 2 is 1.79 bits per heavy atom. The molecule has 1 N–H and O–H groups in total. The van der Waals surface area contributed by atoms with Crippen LogP contribution < -0.4 is 0 Å². The summed E-state index contributed by atoms with van der Waals surface area (Å²) in [7, 11) is 0. The first-order valence-corrected chi connectivity index (χ1v) is 10.4. The number of rotatable bonds is 3. The van der Waals surface area contributed by atoms with Gasteiger partial charge in [0, 0.05) is 12.3 Å². The molecule has 6 nitrogen and oxygen atoms in total. The fourth-order valence-corrected chi connectivity index (χ4v) is 4.56. The molecule has 28 heavy (non-hydrogen) atoms. The number of aryl methyl sites for hydroxylation is 1. The van der Waals surface area contributed by atoms with E-state index >= 15 is 0 Å². The highest BCUT2D eigenvalue weighted by Gasteiger charge is 2.30. The molecule has 0 unspecified atom stereocenters. The number of H-pyrrole nitrogens is 1. The van der Waals surface area contributed by atoms with Crippen LogP contribution in [0, 0.1) is 0 Å². The Kier molecular flexibility index (Phi) is 4.87. The topological polar surface area (TPSA) is 76.6 Å². The van der Waals surface area contributed by atoms with Crippen molar-refractivity contribution in [3.63, 3.8) is 0 Å². The lowest BCUT2D eigenvalue weighted by atomic mass is 9.85. The maximum atomic E-state index is 6.07. The molecule has 3 heterocycles. The van der Waals surface area contributed by atoms with E-state index in [2.05, 4.69) is 51.0 Å². The Morgan fingerprint density at radius 1 is 0.929 bits per heavy atom. The maximum Gasteiger partial charge on any atom is 0.207 e. The molecule has 1 aliphatic heterocycles. The highest BCUT2D eigenvalue weighted by molar-refractivity contribution is 5.85. The van der Waals surface area contributed by atoms with Gasteiger partial charge in [0.1, 0.15) is 6.10 Å². The molecule has 1 fully saturated rings. The van der Waals surface area contributed by atoms with E-state index in [0.29, 0.717) is 5.82 Å². The molecular formula is C22H25N5O. The molecule has 1 aromatic carbocycles. The molecular weight excluding hydrogens is 350 g/mol. The Hall–Kier alpha value is -2.60. The molecule has 1 atom stereocenters. The van der Waals surface area contributed by atoms with Crippen LogP contribution in [0.25, 0.3) is 22.5 Å². The van der Waals surface area contributed by atoms with Gasteiger partial charge < -0.3 is 4.74 Å². The lowest BCUT2D eigenvalue weighted by molar-refractivity contribution is 0.109. The molecule has 144 valence electrons. The number of hydrogen-bond acceptors (Lipinski definition) is 5.